The van der Waals surface area contributed by atoms with Gasteiger partial charge in [0.2, 0.25) is 11.8 Å². The van der Waals surface area contributed by atoms with Gasteiger partial charge < -0.3 is 15.6 Å². The van der Waals surface area contributed by atoms with Crippen molar-refractivity contribution in [2.45, 2.75) is 52.4 Å². The first-order valence-electron chi connectivity index (χ1n) is 9.53. The van der Waals surface area contributed by atoms with Crippen molar-refractivity contribution >= 4 is 17.5 Å². The molecule has 148 valence electrons. The molecular weight excluding hydrogens is 356 g/mol. The Bertz CT molecular complexity index is 978. The van der Waals surface area contributed by atoms with Crippen LogP contribution in [0.5, 0.6) is 0 Å². The number of aryl methyl sites for hydroxylation is 2. The van der Waals surface area contributed by atoms with Crippen molar-refractivity contribution < 1.29 is 9.59 Å². The van der Waals surface area contributed by atoms with Crippen LogP contribution in [0, 0.1) is 13.8 Å². The predicted octanol–water partition coefficient (Wildman–Crippen LogP) is 2.29. The Kier molecular flexibility index (Phi) is 5.63. The minimum atomic E-state index is -0.471. The molecule has 1 aliphatic rings. The quantitative estimate of drug-likeness (QED) is 0.713. The number of carbonyl (C=O) groups is 2. The van der Waals surface area contributed by atoms with E-state index in [0.29, 0.717) is 24.5 Å². The summed E-state index contributed by atoms with van der Waals surface area (Å²) < 4.78 is 0. The van der Waals surface area contributed by atoms with Crippen molar-refractivity contribution in [2.24, 2.45) is 0 Å². The molecule has 0 fully saturated rings. The molecule has 0 saturated carbocycles. The highest BCUT2D eigenvalue weighted by molar-refractivity contribution is 6.05. The number of nitrogens with one attached hydrogen (secondary N) is 3. The summed E-state index contributed by atoms with van der Waals surface area (Å²) in [5, 5.41) is 5.71. The monoisotopic (exact) mass is 382 g/mol. The zero-order chi connectivity index (χ0) is 20.4. The Morgan fingerprint density at radius 1 is 1.21 bits per heavy atom. The number of rotatable bonds is 6. The molecule has 1 aliphatic heterocycles. The number of aromatic amines is 1. The number of anilines is 1. The SMILES string of the molecule is Cc1cc(C)c2c(c1)NC(=O)[C@@H]2CC(=O)NCCc1cc(=O)[nH]c(C(C)C)n1. The second-order valence-corrected chi connectivity index (χ2v) is 7.67. The number of aromatic nitrogens is 2. The summed E-state index contributed by atoms with van der Waals surface area (Å²) in [6.07, 6.45) is 0.559. The molecule has 0 saturated heterocycles. The molecule has 1 atom stereocenters. The zero-order valence-corrected chi connectivity index (χ0v) is 16.7. The van der Waals surface area contributed by atoms with Crippen LogP contribution in [0.1, 0.15) is 60.3 Å². The normalized spacial score (nSPS) is 15.5. The number of benzene rings is 1. The molecule has 0 aliphatic carbocycles. The Hall–Kier alpha value is -2.96. The van der Waals surface area contributed by atoms with Gasteiger partial charge >= 0.3 is 0 Å². The second kappa shape index (κ2) is 7.96. The summed E-state index contributed by atoms with van der Waals surface area (Å²) in [4.78, 5) is 43.6. The molecule has 0 unspecified atom stereocenters. The molecule has 3 N–H and O–H groups in total. The first kappa shape index (κ1) is 19.8. The van der Waals surface area contributed by atoms with Crippen LogP contribution in [0.2, 0.25) is 0 Å². The van der Waals surface area contributed by atoms with E-state index in [1.807, 2.05) is 39.8 Å². The summed E-state index contributed by atoms with van der Waals surface area (Å²) in [6, 6.07) is 5.41. The molecule has 2 heterocycles. The average molecular weight is 382 g/mol. The van der Waals surface area contributed by atoms with Crippen LogP contribution < -0.4 is 16.2 Å². The van der Waals surface area contributed by atoms with E-state index in [2.05, 4.69) is 20.6 Å². The van der Waals surface area contributed by atoms with Crippen molar-refractivity contribution in [1.29, 1.82) is 0 Å². The molecule has 28 heavy (non-hydrogen) atoms. The number of H-pyrrole nitrogens is 1. The van der Waals surface area contributed by atoms with Gasteiger partial charge in [-0.15, -0.1) is 0 Å². The van der Waals surface area contributed by atoms with Crippen LogP contribution >= 0.6 is 0 Å². The van der Waals surface area contributed by atoms with E-state index in [1.165, 1.54) is 6.07 Å². The predicted molar refractivity (Wildman–Crippen MR) is 108 cm³/mol. The second-order valence-electron chi connectivity index (χ2n) is 7.67. The van der Waals surface area contributed by atoms with E-state index in [9.17, 15) is 14.4 Å². The van der Waals surface area contributed by atoms with Gasteiger partial charge in [-0.05, 0) is 36.6 Å². The highest BCUT2D eigenvalue weighted by atomic mass is 16.2. The number of nitrogens with zero attached hydrogens (tertiary/aromatic N) is 1. The maximum absolute atomic E-state index is 12.4. The van der Waals surface area contributed by atoms with Crippen molar-refractivity contribution in [3.05, 3.63) is 56.8 Å². The lowest BCUT2D eigenvalue weighted by Gasteiger charge is -2.12. The summed E-state index contributed by atoms with van der Waals surface area (Å²) in [5.74, 6) is -0.0479. The molecule has 1 aromatic carbocycles. The number of fused-ring (bicyclic) bond motifs is 1. The Labute approximate surface area is 164 Å². The number of hydrogen-bond donors (Lipinski definition) is 3. The van der Waals surface area contributed by atoms with Gasteiger partial charge in [0.1, 0.15) is 5.82 Å². The molecule has 7 nitrogen and oxygen atoms in total. The smallest absolute Gasteiger partial charge is 0.251 e. The van der Waals surface area contributed by atoms with Gasteiger partial charge in [0.25, 0.3) is 5.56 Å². The lowest BCUT2D eigenvalue weighted by atomic mass is 9.92. The lowest BCUT2D eigenvalue weighted by Crippen LogP contribution is -2.29. The van der Waals surface area contributed by atoms with Gasteiger partial charge in [-0.25, -0.2) is 4.98 Å². The summed E-state index contributed by atoms with van der Waals surface area (Å²) in [6.45, 7) is 8.21. The molecular formula is C21H26N4O3. The van der Waals surface area contributed by atoms with Gasteiger partial charge in [-0.1, -0.05) is 19.9 Å². The molecule has 0 radical (unpaired) electrons. The van der Waals surface area contributed by atoms with Gasteiger partial charge in [-0.3, -0.25) is 14.4 Å². The van der Waals surface area contributed by atoms with E-state index < -0.39 is 5.92 Å². The third-order valence-corrected chi connectivity index (χ3v) is 4.91. The van der Waals surface area contributed by atoms with Crippen LogP contribution in [-0.4, -0.2) is 28.3 Å². The van der Waals surface area contributed by atoms with Crippen LogP contribution in [0.25, 0.3) is 0 Å². The summed E-state index contributed by atoms with van der Waals surface area (Å²) in [5.41, 5.74) is 4.25. The largest absolute Gasteiger partial charge is 0.356 e. The number of hydrogen-bond acceptors (Lipinski definition) is 4. The first-order chi connectivity index (χ1) is 13.2. The van der Waals surface area contributed by atoms with Crippen LogP contribution in [0.3, 0.4) is 0 Å². The fraction of sp³-hybridized carbons (Fsp3) is 0.429. The molecule has 3 rings (SSSR count). The van der Waals surface area contributed by atoms with Crippen molar-refractivity contribution in [3.8, 4) is 0 Å². The Morgan fingerprint density at radius 3 is 2.68 bits per heavy atom. The molecule has 7 heteroatoms. The molecule has 2 amide bonds. The standard InChI is InChI=1S/C21H26N4O3/c1-11(2)20-23-14(9-18(27)25-20)5-6-22-17(26)10-15-19-13(4)7-12(3)8-16(19)24-21(15)28/h7-9,11,15H,5-6,10H2,1-4H3,(H,22,26)(H,24,28)(H,23,25,27)/t15-/m1/s1. The zero-order valence-electron chi connectivity index (χ0n) is 16.7. The van der Waals surface area contributed by atoms with E-state index in [1.54, 1.807) is 0 Å². The first-order valence-corrected chi connectivity index (χ1v) is 9.53. The third kappa shape index (κ3) is 4.30. The van der Waals surface area contributed by atoms with Gasteiger partial charge in [0, 0.05) is 42.8 Å². The Balaban J connectivity index is 1.60. The summed E-state index contributed by atoms with van der Waals surface area (Å²) >= 11 is 0. The molecule has 0 bridgehead atoms. The minimum absolute atomic E-state index is 0.1000. The fourth-order valence-corrected chi connectivity index (χ4v) is 3.61. The van der Waals surface area contributed by atoms with E-state index in [4.69, 9.17) is 0 Å². The van der Waals surface area contributed by atoms with Gasteiger partial charge in [0.15, 0.2) is 0 Å². The van der Waals surface area contributed by atoms with E-state index >= 15 is 0 Å². The highest BCUT2D eigenvalue weighted by Gasteiger charge is 2.33. The van der Waals surface area contributed by atoms with E-state index in [-0.39, 0.29) is 29.7 Å². The van der Waals surface area contributed by atoms with Crippen molar-refractivity contribution in [2.75, 3.05) is 11.9 Å². The number of carbonyl (C=O) groups excluding carboxylic acids is 2. The van der Waals surface area contributed by atoms with Crippen molar-refractivity contribution in [3.63, 3.8) is 0 Å². The summed E-state index contributed by atoms with van der Waals surface area (Å²) in [7, 11) is 0. The Morgan fingerprint density at radius 2 is 1.96 bits per heavy atom. The van der Waals surface area contributed by atoms with Crippen molar-refractivity contribution in [1.82, 2.24) is 15.3 Å². The lowest BCUT2D eigenvalue weighted by molar-refractivity contribution is -0.125. The maximum Gasteiger partial charge on any atom is 0.251 e. The van der Waals surface area contributed by atoms with Gasteiger partial charge in [0.05, 0.1) is 5.92 Å². The van der Waals surface area contributed by atoms with Crippen LogP contribution in [-0.2, 0) is 16.0 Å². The molecule has 2 aromatic rings. The number of amides is 2. The fourth-order valence-electron chi connectivity index (χ4n) is 3.61. The van der Waals surface area contributed by atoms with Gasteiger partial charge in [-0.2, -0.15) is 0 Å². The minimum Gasteiger partial charge on any atom is -0.356 e. The third-order valence-electron chi connectivity index (χ3n) is 4.91. The highest BCUT2D eigenvalue weighted by Crippen LogP contribution is 2.37. The molecule has 1 aromatic heterocycles. The van der Waals surface area contributed by atoms with E-state index in [0.717, 1.165) is 22.4 Å². The average Bonchev–Trinajstić information content (AvgIpc) is 2.89. The maximum atomic E-state index is 12.4. The topological polar surface area (TPSA) is 104 Å². The van der Waals surface area contributed by atoms with Crippen LogP contribution in [0.15, 0.2) is 23.0 Å². The molecule has 0 spiro atoms. The van der Waals surface area contributed by atoms with Crippen LogP contribution in [0.4, 0.5) is 5.69 Å².